The first kappa shape index (κ1) is 20.6. The van der Waals surface area contributed by atoms with Crippen molar-refractivity contribution in [2.24, 2.45) is 0 Å². The van der Waals surface area contributed by atoms with Crippen molar-refractivity contribution in [3.8, 4) is 0 Å². The summed E-state index contributed by atoms with van der Waals surface area (Å²) in [4.78, 5) is 12.5. The van der Waals surface area contributed by atoms with E-state index in [4.69, 9.17) is 4.74 Å². The Morgan fingerprint density at radius 2 is 1.97 bits per heavy atom. The van der Waals surface area contributed by atoms with E-state index in [0.717, 1.165) is 19.4 Å². The quantitative estimate of drug-likeness (QED) is 0.409. The Morgan fingerprint density at radius 3 is 2.73 bits per heavy atom. The molecule has 30 heavy (non-hydrogen) atoms. The number of ether oxygens (including phenoxy) is 1. The van der Waals surface area contributed by atoms with Gasteiger partial charge in [0.15, 0.2) is 16.8 Å². The number of anilines is 1. The van der Waals surface area contributed by atoms with E-state index in [0.29, 0.717) is 35.3 Å². The molecule has 6 nitrogen and oxygen atoms in total. The molecule has 0 radical (unpaired) electrons. The molecule has 1 aliphatic rings. The highest BCUT2D eigenvalue weighted by molar-refractivity contribution is 7.99. The van der Waals surface area contributed by atoms with Gasteiger partial charge in [0.2, 0.25) is 0 Å². The fourth-order valence-corrected chi connectivity index (χ4v) is 4.21. The van der Waals surface area contributed by atoms with Crippen molar-refractivity contribution in [3.05, 3.63) is 71.8 Å². The van der Waals surface area contributed by atoms with Gasteiger partial charge in [0, 0.05) is 12.2 Å². The van der Waals surface area contributed by atoms with Gasteiger partial charge in [-0.05, 0) is 25.0 Å². The number of benzene rings is 2. The van der Waals surface area contributed by atoms with Crippen molar-refractivity contribution in [2.75, 3.05) is 17.7 Å². The zero-order valence-electron chi connectivity index (χ0n) is 16.5. The SMILES string of the molecule is O=C(CSc1nnc(CNc2ccccc2F)n1C[C@H]1CCCO1)c1ccccc1. The third kappa shape index (κ3) is 5.06. The van der Waals surface area contributed by atoms with Crippen LogP contribution in [0.1, 0.15) is 29.0 Å². The summed E-state index contributed by atoms with van der Waals surface area (Å²) in [7, 11) is 0. The summed E-state index contributed by atoms with van der Waals surface area (Å²) in [5, 5.41) is 12.3. The molecule has 4 rings (SSSR count). The van der Waals surface area contributed by atoms with E-state index >= 15 is 0 Å². The molecule has 3 aromatic rings. The van der Waals surface area contributed by atoms with Gasteiger partial charge in [-0.3, -0.25) is 4.79 Å². The molecule has 1 saturated heterocycles. The molecule has 0 spiro atoms. The van der Waals surface area contributed by atoms with Gasteiger partial charge >= 0.3 is 0 Å². The lowest BCUT2D eigenvalue weighted by Gasteiger charge is -2.15. The fourth-order valence-electron chi connectivity index (χ4n) is 3.35. The Labute approximate surface area is 178 Å². The van der Waals surface area contributed by atoms with Crippen LogP contribution in [0.4, 0.5) is 10.1 Å². The minimum atomic E-state index is -0.314. The number of nitrogens with zero attached hydrogens (tertiary/aromatic N) is 3. The van der Waals surface area contributed by atoms with Crippen LogP contribution in [-0.4, -0.2) is 39.0 Å². The van der Waals surface area contributed by atoms with E-state index in [1.807, 2.05) is 34.9 Å². The number of carbonyl (C=O) groups excluding carboxylic acids is 1. The van der Waals surface area contributed by atoms with Crippen LogP contribution in [-0.2, 0) is 17.8 Å². The first-order valence-electron chi connectivity index (χ1n) is 9.94. The van der Waals surface area contributed by atoms with Gasteiger partial charge in [-0.1, -0.05) is 54.2 Å². The first-order valence-corrected chi connectivity index (χ1v) is 10.9. The average molecular weight is 427 g/mol. The highest BCUT2D eigenvalue weighted by Gasteiger charge is 2.21. The number of carbonyl (C=O) groups is 1. The predicted octanol–water partition coefficient (Wildman–Crippen LogP) is 4.18. The standard InChI is InChI=1S/C22H23FN4O2S/c23-18-10-4-5-11-19(18)24-13-21-25-26-22(27(21)14-17-9-6-12-29-17)30-15-20(28)16-7-2-1-3-8-16/h1-5,7-8,10-11,17,24H,6,9,12-15H2/t17-/m1/s1. The van der Waals surface area contributed by atoms with Gasteiger partial charge in [-0.15, -0.1) is 10.2 Å². The predicted molar refractivity (Wildman–Crippen MR) is 114 cm³/mol. The number of hydrogen-bond acceptors (Lipinski definition) is 6. The van der Waals surface area contributed by atoms with E-state index in [1.165, 1.54) is 17.8 Å². The van der Waals surface area contributed by atoms with E-state index in [-0.39, 0.29) is 23.5 Å². The van der Waals surface area contributed by atoms with Crippen molar-refractivity contribution in [1.82, 2.24) is 14.8 Å². The Kier molecular flexibility index (Phi) is 6.76. The second-order valence-electron chi connectivity index (χ2n) is 7.06. The molecular formula is C22H23FN4O2S. The van der Waals surface area contributed by atoms with Gasteiger partial charge < -0.3 is 14.6 Å². The number of halogens is 1. The molecule has 1 N–H and O–H groups in total. The van der Waals surface area contributed by atoms with E-state index in [1.54, 1.807) is 18.2 Å². The van der Waals surface area contributed by atoms with E-state index in [2.05, 4.69) is 15.5 Å². The third-order valence-corrected chi connectivity index (χ3v) is 5.91. The first-order chi connectivity index (χ1) is 14.7. The van der Waals surface area contributed by atoms with Crippen LogP contribution in [0.3, 0.4) is 0 Å². The topological polar surface area (TPSA) is 69.0 Å². The van der Waals surface area contributed by atoms with E-state index < -0.39 is 0 Å². The normalized spacial score (nSPS) is 16.0. The Hall–Kier alpha value is -2.71. The summed E-state index contributed by atoms with van der Waals surface area (Å²) in [6.45, 7) is 1.70. The number of Topliss-reactive ketones (excluding diaryl/α,β-unsaturated/α-hetero) is 1. The summed E-state index contributed by atoms with van der Waals surface area (Å²) in [6.07, 6.45) is 2.10. The van der Waals surface area contributed by atoms with Gasteiger partial charge in [-0.25, -0.2) is 4.39 Å². The number of thioether (sulfide) groups is 1. The molecule has 0 saturated carbocycles. The highest BCUT2D eigenvalue weighted by atomic mass is 32.2. The largest absolute Gasteiger partial charge is 0.376 e. The number of nitrogens with one attached hydrogen (secondary N) is 1. The molecule has 1 aromatic heterocycles. The maximum Gasteiger partial charge on any atom is 0.191 e. The zero-order chi connectivity index (χ0) is 20.8. The van der Waals surface area contributed by atoms with Crippen molar-refractivity contribution < 1.29 is 13.9 Å². The number of aromatic nitrogens is 3. The summed E-state index contributed by atoms with van der Waals surface area (Å²) in [6, 6.07) is 15.7. The molecule has 1 atom stereocenters. The Balaban J connectivity index is 1.48. The van der Waals surface area contributed by atoms with Crippen molar-refractivity contribution in [3.63, 3.8) is 0 Å². The van der Waals surface area contributed by atoms with Crippen molar-refractivity contribution in [2.45, 2.75) is 37.2 Å². The molecule has 156 valence electrons. The minimum Gasteiger partial charge on any atom is -0.376 e. The number of ketones is 1. The molecule has 2 aromatic carbocycles. The molecule has 1 fully saturated rings. The van der Waals surface area contributed by atoms with Crippen LogP contribution >= 0.6 is 11.8 Å². The van der Waals surface area contributed by atoms with Gasteiger partial charge in [0.05, 0.1) is 30.6 Å². The lowest BCUT2D eigenvalue weighted by atomic mass is 10.2. The maximum atomic E-state index is 13.9. The van der Waals surface area contributed by atoms with Gasteiger partial charge in [0.1, 0.15) is 5.82 Å². The van der Waals surface area contributed by atoms with Crippen LogP contribution in [0.5, 0.6) is 0 Å². The molecular weight excluding hydrogens is 403 g/mol. The van der Waals surface area contributed by atoms with Crippen molar-refractivity contribution >= 4 is 23.2 Å². The minimum absolute atomic E-state index is 0.0401. The van der Waals surface area contributed by atoms with Gasteiger partial charge in [-0.2, -0.15) is 0 Å². The molecule has 0 bridgehead atoms. The highest BCUT2D eigenvalue weighted by Crippen LogP contribution is 2.23. The zero-order valence-corrected chi connectivity index (χ0v) is 17.3. The second-order valence-corrected chi connectivity index (χ2v) is 8.00. The average Bonchev–Trinajstić information content (AvgIpc) is 3.43. The van der Waals surface area contributed by atoms with Gasteiger partial charge in [0.25, 0.3) is 0 Å². The molecule has 0 aliphatic carbocycles. The van der Waals surface area contributed by atoms with Crippen LogP contribution in [0, 0.1) is 5.82 Å². The summed E-state index contributed by atoms with van der Waals surface area (Å²) >= 11 is 1.36. The fraction of sp³-hybridized carbons (Fsp3) is 0.318. The van der Waals surface area contributed by atoms with Crippen LogP contribution < -0.4 is 5.32 Å². The van der Waals surface area contributed by atoms with E-state index in [9.17, 15) is 9.18 Å². The molecule has 0 unspecified atom stereocenters. The lowest BCUT2D eigenvalue weighted by molar-refractivity contribution is 0.0942. The monoisotopic (exact) mass is 426 g/mol. The summed E-state index contributed by atoms with van der Waals surface area (Å²) in [5.74, 6) is 0.682. The summed E-state index contributed by atoms with van der Waals surface area (Å²) < 4.78 is 21.7. The molecule has 1 aliphatic heterocycles. The van der Waals surface area contributed by atoms with Crippen molar-refractivity contribution in [1.29, 1.82) is 0 Å². The molecule has 2 heterocycles. The Bertz CT molecular complexity index is 990. The molecule has 0 amide bonds. The summed E-state index contributed by atoms with van der Waals surface area (Å²) in [5.41, 5.74) is 1.09. The number of para-hydroxylation sites is 1. The maximum absolute atomic E-state index is 13.9. The number of rotatable bonds is 9. The Morgan fingerprint density at radius 1 is 1.17 bits per heavy atom. The van der Waals surface area contributed by atoms with Crippen LogP contribution in [0.25, 0.3) is 0 Å². The lowest BCUT2D eigenvalue weighted by Crippen LogP contribution is -2.19. The number of hydrogen-bond donors (Lipinski definition) is 1. The van der Waals surface area contributed by atoms with Crippen LogP contribution in [0.15, 0.2) is 59.8 Å². The second kappa shape index (κ2) is 9.86. The smallest absolute Gasteiger partial charge is 0.191 e. The third-order valence-electron chi connectivity index (χ3n) is 4.94. The van der Waals surface area contributed by atoms with Crippen LogP contribution in [0.2, 0.25) is 0 Å². The molecule has 8 heteroatoms.